The van der Waals surface area contributed by atoms with Crippen LogP contribution in [0.15, 0.2) is 35.4 Å². The highest BCUT2D eigenvalue weighted by Crippen LogP contribution is 2.42. The summed E-state index contributed by atoms with van der Waals surface area (Å²) in [6.45, 7) is 4.29. The van der Waals surface area contributed by atoms with Gasteiger partial charge >= 0.3 is 6.18 Å². The molecule has 0 aliphatic carbocycles. The summed E-state index contributed by atoms with van der Waals surface area (Å²) in [5.74, 6) is 0.619. The molecule has 2 rings (SSSR count). The Hall–Kier alpha value is -2.12. The number of nitrogens with one attached hydrogen (secondary N) is 1. The molecule has 0 fully saturated rings. The Bertz CT molecular complexity index is 827. The van der Waals surface area contributed by atoms with E-state index in [0.717, 1.165) is 12.1 Å². The number of rotatable bonds is 7. The number of anilines is 1. The minimum atomic E-state index is -4.43. The van der Waals surface area contributed by atoms with E-state index in [1.54, 1.807) is 19.9 Å². The Morgan fingerprint density at radius 3 is 2.37 bits per heavy atom. The third-order valence-electron chi connectivity index (χ3n) is 3.32. The van der Waals surface area contributed by atoms with E-state index in [0.29, 0.717) is 30.3 Å². The SMILES string of the molecule is CCOc1c(Cl)cc(C=NNc2cccc(C(F)(F)F)c2)c(OCC)c1Cl. The van der Waals surface area contributed by atoms with Crippen LogP contribution < -0.4 is 14.9 Å². The smallest absolute Gasteiger partial charge is 0.416 e. The number of alkyl halides is 3. The van der Waals surface area contributed by atoms with Crippen LogP contribution in [0, 0.1) is 0 Å². The van der Waals surface area contributed by atoms with Gasteiger partial charge in [-0.1, -0.05) is 29.3 Å². The molecule has 9 heteroatoms. The zero-order valence-corrected chi connectivity index (χ0v) is 16.0. The number of halogens is 5. The molecule has 0 aliphatic rings. The van der Waals surface area contributed by atoms with Gasteiger partial charge in [0.15, 0.2) is 11.5 Å². The maximum atomic E-state index is 12.8. The number of hydrogen-bond donors (Lipinski definition) is 1. The summed E-state index contributed by atoms with van der Waals surface area (Å²) >= 11 is 12.5. The lowest BCUT2D eigenvalue weighted by Crippen LogP contribution is -2.05. The molecule has 1 N–H and O–H groups in total. The first-order valence-corrected chi connectivity index (χ1v) is 8.77. The minimum absolute atomic E-state index is 0.183. The van der Waals surface area contributed by atoms with Crippen molar-refractivity contribution in [3.63, 3.8) is 0 Å². The molecule has 0 bridgehead atoms. The Kier molecular flexibility index (Phi) is 7.21. The molecule has 0 aliphatic heterocycles. The number of ether oxygens (including phenoxy) is 2. The fraction of sp³-hybridized carbons (Fsp3) is 0.278. The molecule has 146 valence electrons. The molecule has 0 unspecified atom stereocenters. The quantitative estimate of drug-likeness (QED) is 0.424. The first-order valence-electron chi connectivity index (χ1n) is 8.01. The largest absolute Gasteiger partial charge is 0.491 e. The number of hydrazone groups is 1. The summed E-state index contributed by atoms with van der Waals surface area (Å²) < 4.78 is 49.2. The van der Waals surface area contributed by atoms with Crippen LogP contribution in [0.2, 0.25) is 10.0 Å². The van der Waals surface area contributed by atoms with Crippen molar-refractivity contribution in [2.24, 2.45) is 5.10 Å². The zero-order chi connectivity index (χ0) is 20.0. The summed E-state index contributed by atoms with van der Waals surface area (Å²) in [7, 11) is 0. The molecule has 0 saturated carbocycles. The molecule has 0 spiro atoms. The summed E-state index contributed by atoms with van der Waals surface area (Å²) in [4.78, 5) is 0. The molecule has 0 aromatic heterocycles. The Morgan fingerprint density at radius 1 is 1.07 bits per heavy atom. The summed E-state index contributed by atoms with van der Waals surface area (Å²) in [6, 6.07) is 6.25. The molecule has 2 aromatic carbocycles. The van der Waals surface area contributed by atoms with Crippen molar-refractivity contribution >= 4 is 35.1 Å². The predicted octanol–water partition coefficient (Wildman–Crippen LogP) is 6.26. The fourth-order valence-corrected chi connectivity index (χ4v) is 2.84. The van der Waals surface area contributed by atoms with Gasteiger partial charge in [0, 0.05) is 5.56 Å². The van der Waals surface area contributed by atoms with E-state index in [2.05, 4.69) is 10.5 Å². The normalized spacial score (nSPS) is 11.7. The number of benzene rings is 2. The van der Waals surface area contributed by atoms with E-state index in [9.17, 15) is 13.2 Å². The number of hydrogen-bond acceptors (Lipinski definition) is 4. The third kappa shape index (κ3) is 5.43. The van der Waals surface area contributed by atoms with Crippen molar-refractivity contribution in [3.8, 4) is 11.5 Å². The lowest BCUT2D eigenvalue weighted by Gasteiger charge is -2.15. The van der Waals surface area contributed by atoms with Gasteiger partial charge in [-0.05, 0) is 38.1 Å². The molecule has 0 saturated heterocycles. The van der Waals surface area contributed by atoms with Crippen LogP contribution in [0.5, 0.6) is 11.5 Å². The molecular formula is C18H17Cl2F3N2O2. The zero-order valence-electron chi connectivity index (χ0n) is 14.5. The number of nitrogens with zero attached hydrogens (tertiary/aromatic N) is 1. The maximum absolute atomic E-state index is 12.8. The molecule has 0 atom stereocenters. The molecular weight excluding hydrogens is 404 g/mol. The average Bonchev–Trinajstić information content (AvgIpc) is 2.61. The van der Waals surface area contributed by atoms with Gasteiger partial charge in [-0.3, -0.25) is 5.43 Å². The highest BCUT2D eigenvalue weighted by atomic mass is 35.5. The van der Waals surface area contributed by atoms with Crippen LogP contribution in [0.1, 0.15) is 25.0 Å². The van der Waals surface area contributed by atoms with Gasteiger partial charge in [0.1, 0.15) is 5.02 Å². The maximum Gasteiger partial charge on any atom is 0.416 e. The first-order chi connectivity index (χ1) is 12.8. The van der Waals surface area contributed by atoms with Crippen molar-refractivity contribution in [2.75, 3.05) is 18.6 Å². The van der Waals surface area contributed by atoms with E-state index >= 15 is 0 Å². The summed E-state index contributed by atoms with van der Waals surface area (Å²) in [5, 5.41) is 4.43. The van der Waals surface area contributed by atoms with Crippen LogP contribution in [0.4, 0.5) is 18.9 Å². The van der Waals surface area contributed by atoms with E-state index in [1.807, 2.05) is 0 Å². The first kappa shape index (κ1) is 21.2. The summed E-state index contributed by atoms with van der Waals surface area (Å²) in [6.07, 6.45) is -3.07. The van der Waals surface area contributed by atoms with Gasteiger partial charge in [-0.2, -0.15) is 18.3 Å². The van der Waals surface area contributed by atoms with Crippen molar-refractivity contribution in [1.82, 2.24) is 0 Å². The predicted molar refractivity (Wildman–Crippen MR) is 101 cm³/mol. The second kappa shape index (κ2) is 9.19. The van der Waals surface area contributed by atoms with Gasteiger partial charge in [0.25, 0.3) is 0 Å². The van der Waals surface area contributed by atoms with Crippen LogP contribution in [0.25, 0.3) is 0 Å². The lowest BCUT2D eigenvalue weighted by atomic mass is 10.2. The van der Waals surface area contributed by atoms with Crippen LogP contribution >= 0.6 is 23.2 Å². The Morgan fingerprint density at radius 2 is 1.74 bits per heavy atom. The van der Waals surface area contributed by atoms with Crippen LogP contribution in [-0.2, 0) is 6.18 Å². The molecule has 0 amide bonds. The second-order valence-corrected chi connectivity index (χ2v) is 6.02. The van der Waals surface area contributed by atoms with Gasteiger partial charge in [-0.25, -0.2) is 0 Å². The highest BCUT2D eigenvalue weighted by molar-refractivity contribution is 6.38. The minimum Gasteiger partial charge on any atom is -0.491 e. The van der Waals surface area contributed by atoms with Crippen molar-refractivity contribution in [2.45, 2.75) is 20.0 Å². The average molecular weight is 421 g/mol. The molecule has 27 heavy (non-hydrogen) atoms. The monoisotopic (exact) mass is 420 g/mol. The molecule has 0 radical (unpaired) electrons. The van der Waals surface area contributed by atoms with Crippen molar-refractivity contribution in [1.29, 1.82) is 0 Å². The topological polar surface area (TPSA) is 42.8 Å². The lowest BCUT2D eigenvalue weighted by molar-refractivity contribution is -0.137. The van der Waals surface area contributed by atoms with Crippen molar-refractivity contribution < 1.29 is 22.6 Å². The molecule has 0 heterocycles. The standard InChI is InChI=1S/C18H17Cl2F3N2O2/c1-3-26-16-11(8-14(19)17(15(16)20)27-4-2)10-24-25-13-7-5-6-12(9-13)18(21,22)23/h5-10,25H,3-4H2,1-2H3. The van der Waals surface area contributed by atoms with E-state index in [4.69, 9.17) is 32.7 Å². The fourth-order valence-electron chi connectivity index (χ4n) is 2.21. The van der Waals surface area contributed by atoms with Gasteiger partial charge in [-0.15, -0.1) is 0 Å². The van der Waals surface area contributed by atoms with E-state index < -0.39 is 11.7 Å². The van der Waals surface area contributed by atoms with Gasteiger partial charge in [0.05, 0.1) is 35.7 Å². The molecule has 4 nitrogen and oxygen atoms in total. The Balaban J connectivity index is 2.28. The van der Waals surface area contributed by atoms with Crippen LogP contribution in [0.3, 0.4) is 0 Å². The highest BCUT2D eigenvalue weighted by Gasteiger charge is 2.30. The van der Waals surface area contributed by atoms with Crippen molar-refractivity contribution in [3.05, 3.63) is 51.5 Å². The molecule has 2 aromatic rings. The van der Waals surface area contributed by atoms with Gasteiger partial charge < -0.3 is 9.47 Å². The third-order valence-corrected chi connectivity index (χ3v) is 3.95. The second-order valence-electron chi connectivity index (χ2n) is 5.23. The Labute approximate surface area is 164 Å². The van der Waals surface area contributed by atoms with E-state index in [1.165, 1.54) is 18.3 Å². The van der Waals surface area contributed by atoms with Crippen LogP contribution in [-0.4, -0.2) is 19.4 Å². The van der Waals surface area contributed by atoms with Gasteiger partial charge in [0.2, 0.25) is 0 Å². The summed E-state index contributed by atoms with van der Waals surface area (Å²) in [5.41, 5.74) is 2.41. The van der Waals surface area contributed by atoms with E-state index in [-0.39, 0.29) is 15.7 Å².